The Labute approximate surface area is 302 Å². The van der Waals surface area contributed by atoms with Gasteiger partial charge < -0.3 is 0 Å². The van der Waals surface area contributed by atoms with Gasteiger partial charge in [-0.15, -0.1) is 0 Å². The molecule has 0 spiro atoms. The van der Waals surface area contributed by atoms with Crippen LogP contribution in [0.4, 0.5) is 0 Å². The minimum atomic E-state index is 0.946. The zero-order chi connectivity index (χ0) is 33.0. The topological polar surface area (TPSA) is 0 Å². The predicted octanol–water partition coefficient (Wildman–Crippen LogP) is 16.9. The number of thioether (sulfide) groups is 2. The first-order valence-corrected chi connectivity index (χ1v) is 24.1. The lowest BCUT2D eigenvalue weighted by Gasteiger charge is -2.31. The molecular weight excluding hydrogens is 593 g/mol. The lowest BCUT2D eigenvalue weighted by atomic mass is 9.87. The normalized spacial score (nSPS) is 17.5. The highest BCUT2D eigenvalue weighted by Crippen LogP contribution is 2.38. The maximum Gasteiger partial charge on any atom is 0.00524 e. The maximum absolute atomic E-state index is 2.44. The Hall–Kier alpha value is 0.700. The molecule has 0 amide bonds. The Morgan fingerprint density at radius 3 is 1.33 bits per heavy atom. The van der Waals surface area contributed by atoms with E-state index < -0.39 is 0 Å². The minimum Gasteiger partial charge on any atom is -0.162 e. The smallest absolute Gasteiger partial charge is 0.00524 e. The first-order valence-electron chi connectivity index (χ1n) is 22.0. The van der Waals surface area contributed by atoms with Crippen LogP contribution >= 0.6 is 23.5 Å². The van der Waals surface area contributed by atoms with Crippen LogP contribution in [-0.2, 0) is 0 Å². The summed E-state index contributed by atoms with van der Waals surface area (Å²) in [5, 5.41) is 1.92. The first kappa shape index (κ1) is 44.7. The molecule has 1 aliphatic rings. The van der Waals surface area contributed by atoms with Gasteiger partial charge in [-0.05, 0) is 55.9 Å². The van der Waals surface area contributed by atoms with Crippen molar-refractivity contribution in [2.75, 3.05) is 11.5 Å². The molecule has 1 aliphatic carbocycles. The van der Waals surface area contributed by atoms with Crippen LogP contribution in [0.1, 0.15) is 252 Å². The van der Waals surface area contributed by atoms with Crippen LogP contribution in [0.15, 0.2) is 0 Å². The molecule has 1 rings (SSSR count). The standard InChI is InChI=1S/C44H88S2/c1-4-7-9-11-13-15-17-19-20-21-22-24-26-28-30-32-39-45-40-38-42-35-33-37-44(41-42)46-43(34-6-3)36-31-29-27-25-23-18-16-14-12-10-8-5-2/h42-44H,4-41H2,1-3H3. The average molecular weight is 681 g/mol. The van der Waals surface area contributed by atoms with E-state index in [0.717, 1.165) is 16.4 Å². The van der Waals surface area contributed by atoms with Crippen LogP contribution in [0.25, 0.3) is 0 Å². The second-order valence-electron chi connectivity index (χ2n) is 15.6. The van der Waals surface area contributed by atoms with E-state index in [1.165, 1.54) is 243 Å². The van der Waals surface area contributed by atoms with E-state index in [4.69, 9.17) is 0 Å². The number of unbranched alkanes of at least 4 members (excludes halogenated alkanes) is 26. The molecule has 276 valence electrons. The van der Waals surface area contributed by atoms with Gasteiger partial charge in [0.1, 0.15) is 0 Å². The van der Waals surface area contributed by atoms with E-state index in [9.17, 15) is 0 Å². The molecular formula is C44H88S2. The van der Waals surface area contributed by atoms with Crippen LogP contribution in [0, 0.1) is 5.92 Å². The van der Waals surface area contributed by atoms with Crippen molar-refractivity contribution in [1.29, 1.82) is 0 Å². The molecule has 46 heavy (non-hydrogen) atoms. The zero-order valence-electron chi connectivity index (χ0n) is 32.4. The van der Waals surface area contributed by atoms with Crippen LogP contribution < -0.4 is 0 Å². The molecule has 0 aromatic rings. The molecule has 0 saturated heterocycles. The molecule has 0 bridgehead atoms. The largest absolute Gasteiger partial charge is 0.162 e. The summed E-state index contributed by atoms with van der Waals surface area (Å²) in [6.45, 7) is 7.04. The second kappa shape index (κ2) is 37.0. The van der Waals surface area contributed by atoms with Crippen molar-refractivity contribution in [2.45, 2.75) is 262 Å². The number of rotatable bonds is 37. The highest BCUT2D eigenvalue weighted by atomic mass is 32.2. The van der Waals surface area contributed by atoms with Crippen LogP contribution in [0.5, 0.6) is 0 Å². The quantitative estimate of drug-likeness (QED) is 0.0599. The van der Waals surface area contributed by atoms with Gasteiger partial charge in [-0.3, -0.25) is 0 Å². The molecule has 0 aromatic heterocycles. The van der Waals surface area contributed by atoms with E-state index in [-0.39, 0.29) is 0 Å². The van der Waals surface area contributed by atoms with E-state index in [0.29, 0.717) is 0 Å². The Balaban J connectivity index is 1.92. The van der Waals surface area contributed by atoms with Gasteiger partial charge in [0, 0.05) is 10.5 Å². The number of hydrogen-bond donors (Lipinski definition) is 0. The molecule has 1 fully saturated rings. The summed E-state index contributed by atoms with van der Waals surface area (Å²) in [5.41, 5.74) is 0. The van der Waals surface area contributed by atoms with Crippen molar-refractivity contribution < 1.29 is 0 Å². The highest BCUT2D eigenvalue weighted by Gasteiger charge is 2.24. The third kappa shape index (κ3) is 30.7. The van der Waals surface area contributed by atoms with Gasteiger partial charge in [0.05, 0.1) is 0 Å². The van der Waals surface area contributed by atoms with Crippen molar-refractivity contribution in [3.05, 3.63) is 0 Å². The molecule has 0 heterocycles. The van der Waals surface area contributed by atoms with Crippen LogP contribution in [0.3, 0.4) is 0 Å². The fourth-order valence-corrected chi connectivity index (χ4v) is 10.8. The fraction of sp³-hybridized carbons (Fsp3) is 1.00. The van der Waals surface area contributed by atoms with Crippen LogP contribution in [0.2, 0.25) is 0 Å². The van der Waals surface area contributed by atoms with Crippen molar-refractivity contribution in [3.63, 3.8) is 0 Å². The molecule has 0 nitrogen and oxygen atoms in total. The van der Waals surface area contributed by atoms with Gasteiger partial charge in [0.25, 0.3) is 0 Å². The molecule has 0 aromatic carbocycles. The zero-order valence-corrected chi connectivity index (χ0v) is 34.1. The summed E-state index contributed by atoms with van der Waals surface area (Å²) in [4.78, 5) is 0. The SMILES string of the molecule is CCCCCCCCCCCCCCCCCCSCCC1CCCC(SC(CCC)CCCCCCCCCCCCCC)C1. The maximum atomic E-state index is 2.44. The Bertz CT molecular complexity index is 562. The van der Waals surface area contributed by atoms with Gasteiger partial charge in [0.2, 0.25) is 0 Å². The molecule has 1 saturated carbocycles. The first-order chi connectivity index (χ1) is 22.8. The Kier molecular flexibility index (Phi) is 35.9. The van der Waals surface area contributed by atoms with Crippen LogP contribution in [-0.4, -0.2) is 22.0 Å². The van der Waals surface area contributed by atoms with E-state index in [1.807, 2.05) is 0 Å². The lowest BCUT2D eigenvalue weighted by molar-refractivity contribution is 0.358. The van der Waals surface area contributed by atoms with Gasteiger partial charge >= 0.3 is 0 Å². The van der Waals surface area contributed by atoms with Crippen molar-refractivity contribution in [1.82, 2.24) is 0 Å². The number of hydrogen-bond acceptors (Lipinski definition) is 2. The lowest BCUT2D eigenvalue weighted by Crippen LogP contribution is -2.21. The highest BCUT2D eigenvalue weighted by molar-refractivity contribution is 8.00. The molecule has 3 unspecified atom stereocenters. The second-order valence-corrected chi connectivity index (χ2v) is 18.4. The van der Waals surface area contributed by atoms with Crippen molar-refractivity contribution in [3.8, 4) is 0 Å². The molecule has 2 heteroatoms. The fourth-order valence-electron chi connectivity index (χ4n) is 7.82. The summed E-state index contributed by atoms with van der Waals surface area (Å²) >= 11 is 4.71. The summed E-state index contributed by atoms with van der Waals surface area (Å²) in [5.74, 6) is 3.87. The van der Waals surface area contributed by atoms with Gasteiger partial charge in [-0.25, -0.2) is 0 Å². The van der Waals surface area contributed by atoms with E-state index in [2.05, 4.69) is 44.3 Å². The summed E-state index contributed by atoms with van der Waals surface area (Å²) < 4.78 is 0. The van der Waals surface area contributed by atoms with Gasteiger partial charge in [-0.2, -0.15) is 23.5 Å². The van der Waals surface area contributed by atoms with E-state index in [1.54, 1.807) is 0 Å². The molecule has 0 radical (unpaired) electrons. The van der Waals surface area contributed by atoms with Gasteiger partial charge in [-0.1, -0.05) is 213 Å². The molecule has 0 N–H and O–H groups in total. The average Bonchev–Trinajstić information content (AvgIpc) is 3.06. The summed E-state index contributed by atoms with van der Waals surface area (Å²) in [6.07, 6.45) is 53.1. The molecule has 0 aliphatic heterocycles. The molecule has 3 atom stereocenters. The van der Waals surface area contributed by atoms with Crippen molar-refractivity contribution in [2.24, 2.45) is 5.92 Å². The predicted molar refractivity (Wildman–Crippen MR) is 219 cm³/mol. The Morgan fingerprint density at radius 1 is 0.435 bits per heavy atom. The van der Waals surface area contributed by atoms with Crippen molar-refractivity contribution >= 4 is 23.5 Å². The third-order valence-electron chi connectivity index (χ3n) is 10.9. The Morgan fingerprint density at radius 2 is 0.870 bits per heavy atom. The third-order valence-corrected chi connectivity index (χ3v) is 13.7. The minimum absolute atomic E-state index is 0.946. The summed E-state index contributed by atoms with van der Waals surface area (Å²) in [6, 6.07) is 0. The van der Waals surface area contributed by atoms with Gasteiger partial charge in [0.15, 0.2) is 0 Å². The summed E-state index contributed by atoms with van der Waals surface area (Å²) in [7, 11) is 0. The monoisotopic (exact) mass is 681 g/mol. The van der Waals surface area contributed by atoms with E-state index >= 15 is 0 Å².